The van der Waals surface area contributed by atoms with E-state index in [-0.39, 0.29) is 37.8 Å². The molecule has 0 spiro atoms. The summed E-state index contributed by atoms with van der Waals surface area (Å²) in [6.07, 6.45) is -2.26. The van der Waals surface area contributed by atoms with Gasteiger partial charge in [0.25, 0.3) is 0 Å². The molecule has 4 aromatic rings. The molecule has 4 amide bonds. The first-order valence-corrected chi connectivity index (χ1v) is 17.4. The topological polar surface area (TPSA) is 184 Å². The summed E-state index contributed by atoms with van der Waals surface area (Å²) in [4.78, 5) is 67.3. The molecule has 54 heavy (non-hydrogen) atoms. The number of nitrogens with one attached hydrogen (secondary N) is 4. The maximum atomic E-state index is 14.1. The van der Waals surface area contributed by atoms with Crippen molar-refractivity contribution >= 4 is 29.6 Å². The summed E-state index contributed by atoms with van der Waals surface area (Å²) in [7, 11) is 0. The van der Waals surface area contributed by atoms with Crippen LogP contribution >= 0.6 is 0 Å². The number of nitrogens with zero attached hydrogens (tertiary/aromatic N) is 3. The standard InChI is InChI=1S/C38H40F3N7O6/c39-38(40,41)27-17-14-26(15-18-27)21-31-35(51)44-30(20-25-10-5-2-6-11-25)36(52)45-32(37(53)54)23-48-22-28(46-47-48)12-7-13-33(49)42-29(34(50)43-31)19-16-24-8-3-1-4-9-24/h1-6,8-11,14-15,17-18,22,29-32H,7,12-13,16,19-21,23H2,(H,42,49)(H,43,50)(H,44,51)(H,45,52)(H,53,54)/t29-,30-,31+,32+/m1/s1. The minimum Gasteiger partial charge on any atom is -0.480 e. The second kappa shape index (κ2) is 18.1. The Hall–Kier alpha value is -6.06. The fraction of sp³-hybridized carbons (Fsp3) is 0.342. The first-order valence-electron chi connectivity index (χ1n) is 17.4. The zero-order chi connectivity index (χ0) is 38.7. The molecular formula is C38H40F3N7O6. The smallest absolute Gasteiger partial charge is 0.416 e. The molecule has 5 N–H and O–H groups in total. The summed E-state index contributed by atoms with van der Waals surface area (Å²) < 4.78 is 41.3. The third kappa shape index (κ3) is 11.5. The lowest BCUT2D eigenvalue weighted by atomic mass is 10.00. The fourth-order valence-electron chi connectivity index (χ4n) is 5.99. The van der Waals surface area contributed by atoms with E-state index in [1.165, 1.54) is 23.0 Å². The predicted molar refractivity (Wildman–Crippen MR) is 188 cm³/mol. The van der Waals surface area contributed by atoms with Gasteiger partial charge in [-0.05, 0) is 54.5 Å². The van der Waals surface area contributed by atoms with E-state index in [0.29, 0.717) is 30.5 Å². The number of aliphatic carboxylic acids is 1. The lowest BCUT2D eigenvalue weighted by Gasteiger charge is -2.26. The Kier molecular flexibility index (Phi) is 13.1. The summed E-state index contributed by atoms with van der Waals surface area (Å²) >= 11 is 0. The average molecular weight is 748 g/mol. The number of alkyl halides is 3. The van der Waals surface area contributed by atoms with Crippen molar-refractivity contribution in [2.75, 3.05) is 0 Å². The maximum absolute atomic E-state index is 14.1. The highest BCUT2D eigenvalue weighted by Crippen LogP contribution is 2.29. The van der Waals surface area contributed by atoms with E-state index in [4.69, 9.17) is 0 Å². The Labute approximate surface area is 308 Å². The van der Waals surface area contributed by atoms with Crippen LogP contribution in [0.25, 0.3) is 0 Å². The SMILES string of the molecule is O=C1CCCc2cn(nn2)C[C@@H](C(=O)O)NC(=O)[C@@H](Cc2ccccc2)NC(=O)[C@H](Cc2ccc(C(F)(F)F)cc2)NC(=O)[C@@H](CCc2ccccc2)N1. The molecule has 3 aromatic carbocycles. The van der Waals surface area contributed by atoms with Crippen LogP contribution in [-0.2, 0) is 62.4 Å². The van der Waals surface area contributed by atoms with Gasteiger partial charge in [0.15, 0.2) is 0 Å². The van der Waals surface area contributed by atoms with Gasteiger partial charge in [0.2, 0.25) is 23.6 Å². The third-order valence-electron chi connectivity index (χ3n) is 8.89. The van der Waals surface area contributed by atoms with Crippen molar-refractivity contribution < 1.29 is 42.3 Å². The molecule has 5 rings (SSSR count). The van der Waals surface area contributed by atoms with Gasteiger partial charge in [-0.15, -0.1) is 5.10 Å². The first-order chi connectivity index (χ1) is 25.8. The van der Waals surface area contributed by atoms with Crippen molar-refractivity contribution in [2.45, 2.75) is 81.8 Å². The number of benzene rings is 3. The minimum atomic E-state index is -4.60. The molecule has 0 saturated carbocycles. The molecule has 0 unspecified atom stereocenters. The number of hydrogen-bond acceptors (Lipinski definition) is 7. The molecule has 0 radical (unpaired) electrons. The summed E-state index contributed by atoms with van der Waals surface area (Å²) in [6.45, 7) is -0.295. The quantitative estimate of drug-likeness (QED) is 0.182. The Balaban J connectivity index is 1.49. The Morgan fingerprint density at radius 3 is 1.87 bits per heavy atom. The number of carboxylic acid groups (broad SMARTS) is 1. The van der Waals surface area contributed by atoms with Crippen molar-refractivity contribution in [2.24, 2.45) is 0 Å². The van der Waals surface area contributed by atoms with E-state index in [1.807, 2.05) is 30.3 Å². The Morgan fingerprint density at radius 2 is 1.28 bits per heavy atom. The number of aromatic nitrogens is 3. The summed E-state index contributed by atoms with van der Waals surface area (Å²) in [5.74, 6) is -4.24. The van der Waals surface area contributed by atoms with Crippen LogP contribution in [0.4, 0.5) is 13.2 Å². The van der Waals surface area contributed by atoms with Crippen molar-refractivity contribution in [1.29, 1.82) is 0 Å². The summed E-state index contributed by atoms with van der Waals surface area (Å²) in [5, 5.41) is 28.6. The van der Waals surface area contributed by atoms with Crippen LogP contribution in [0.2, 0.25) is 0 Å². The second-order valence-corrected chi connectivity index (χ2v) is 13.0. The predicted octanol–water partition coefficient (Wildman–Crippen LogP) is 2.78. The summed E-state index contributed by atoms with van der Waals surface area (Å²) in [6, 6.07) is 16.6. The van der Waals surface area contributed by atoms with Gasteiger partial charge in [0, 0.05) is 25.5 Å². The van der Waals surface area contributed by atoms with Crippen LogP contribution in [0, 0.1) is 0 Å². The van der Waals surface area contributed by atoms with Crippen molar-refractivity contribution in [3.8, 4) is 0 Å². The van der Waals surface area contributed by atoms with Gasteiger partial charge in [-0.2, -0.15) is 13.2 Å². The van der Waals surface area contributed by atoms with E-state index in [9.17, 15) is 42.3 Å². The van der Waals surface area contributed by atoms with E-state index in [2.05, 4.69) is 31.6 Å². The molecule has 284 valence electrons. The lowest BCUT2D eigenvalue weighted by Crippen LogP contribution is -2.59. The molecule has 1 aromatic heterocycles. The van der Waals surface area contributed by atoms with Crippen molar-refractivity contribution in [3.63, 3.8) is 0 Å². The molecule has 0 aliphatic carbocycles. The highest BCUT2D eigenvalue weighted by molar-refractivity contribution is 5.95. The normalized spacial score (nSPS) is 20.6. The number of hydrogen-bond donors (Lipinski definition) is 5. The Morgan fingerprint density at radius 1 is 0.722 bits per heavy atom. The van der Waals surface area contributed by atoms with Crippen molar-refractivity contribution in [1.82, 2.24) is 36.3 Å². The maximum Gasteiger partial charge on any atom is 0.416 e. The zero-order valence-corrected chi connectivity index (χ0v) is 29.1. The molecular weight excluding hydrogens is 707 g/mol. The van der Waals surface area contributed by atoms with Gasteiger partial charge in [-0.1, -0.05) is 78.0 Å². The lowest BCUT2D eigenvalue weighted by molar-refractivity contribution is -0.143. The molecule has 0 saturated heterocycles. The highest BCUT2D eigenvalue weighted by atomic mass is 19.4. The molecule has 2 bridgehead atoms. The van der Waals surface area contributed by atoms with Crippen LogP contribution in [0.15, 0.2) is 91.1 Å². The number of amides is 4. The van der Waals surface area contributed by atoms with Gasteiger partial charge in [-0.3, -0.25) is 19.2 Å². The second-order valence-electron chi connectivity index (χ2n) is 13.0. The van der Waals surface area contributed by atoms with Gasteiger partial charge < -0.3 is 26.4 Å². The van der Waals surface area contributed by atoms with E-state index < -0.39 is 65.5 Å². The monoisotopic (exact) mass is 747 g/mol. The van der Waals surface area contributed by atoms with Crippen LogP contribution in [-0.4, -0.2) is 73.9 Å². The number of halogens is 3. The van der Waals surface area contributed by atoms with Crippen LogP contribution < -0.4 is 21.3 Å². The molecule has 2 heterocycles. The van der Waals surface area contributed by atoms with Gasteiger partial charge in [-0.25, -0.2) is 9.48 Å². The fourth-order valence-corrected chi connectivity index (χ4v) is 5.99. The van der Waals surface area contributed by atoms with Crippen LogP contribution in [0.1, 0.15) is 47.2 Å². The van der Waals surface area contributed by atoms with Crippen molar-refractivity contribution in [3.05, 3.63) is 119 Å². The van der Waals surface area contributed by atoms with Crippen LogP contribution in [0.5, 0.6) is 0 Å². The van der Waals surface area contributed by atoms with Gasteiger partial charge >= 0.3 is 12.1 Å². The van der Waals surface area contributed by atoms with E-state index in [0.717, 1.165) is 17.7 Å². The largest absolute Gasteiger partial charge is 0.480 e. The summed E-state index contributed by atoms with van der Waals surface area (Å²) in [5.41, 5.74) is 1.37. The molecule has 1 aliphatic rings. The first kappa shape index (κ1) is 39.2. The van der Waals surface area contributed by atoms with Gasteiger partial charge in [0.05, 0.1) is 17.8 Å². The Bertz CT molecular complexity index is 1910. The van der Waals surface area contributed by atoms with Gasteiger partial charge in [0.1, 0.15) is 24.2 Å². The third-order valence-corrected chi connectivity index (χ3v) is 8.89. The van der Waals surface area contributed by atoms with E-state index in [1.54, 1.807) is 30.3 Å². The highest BCUT2D eigenvalue weighted by Gasteiger charge is 2.33. The average Bonchev–Trinajstić information content (AvgIpc) is 3.59. The number of fused-ring (bicyclic) bond motifs is 2. The molecule has 13 nitrogen and oxygen atoms in total. The molecule has 1 aliphatic heterocycles. The molecule has 0 fully saturated rings. The molecule has 16 heteroatoms. The number of carbonyl (C=O) groups excluding carboxylic acids is 4. The number of aryl methyl sites for hydroxylation is 2. The number of rotatable bonds is 8. The van der Waals surface area contributed by atoms with Crippen LogP contribution in [0.3, 0.4) is 0 Å². The number of carboxylic acids is 1. The number of carbonyl (C=O) groups is 5. The van der Waals surface area contributed by atoms with E-state index >= 15 is 0 Å². The minimum absolute atomic E-state index is 0.00637. The molecule has 4 atom stereocenters. The zero-order valence-electron chi connectivity index (χ0n) is 29.1.